The molecular formula is C18H13N3O3. The van der Waals surface area contributed by atoms with Crippen LogP contribution in [0.1, 0.15) is 16.2 Å². The largest absolute Gasteiger partial charge is 0.422 e. The summed E-state index contributed by atoms with van der Waals surface area (Å²) < 4.78 is 5.19. The predicted octanol–water partition coefficient (Wildman–Crippen LogP) is 3.23. The Bertz CT molecular complexity index is 1140. The number of fused-ring (bicyclic) bond motifs is 2. The van der Waals surface area contributed by atoms with Crippen LogP contribution in [0.3, 0.4) is 0 Å². The van der Waals surface area contributed by atoms with Crippen molar-refractivity contribution in [1.29, 1.82) is 0 Å². The van der Waals surface area contributed by atoms with E-state index < -0.39 is 11.5 Å². The Labute approximate surface area is 136 Å². The first-order chi connectivity index (χ1) is 11.6. The molecule has 0 aliphatic heterocycles. The van der Waals surface area contributed by atoms with Crippen molar-refractivity contribution in [3.05, 3.63) is 70.3 Å². The average Bonchev–Trinajstić information content (AvgIpc) is 2.93. The lowest BCUT2D eigenvalue weighted by Crippen LogP contribution is -2.20. The van der Waals surface area contributed by atoms with Gasteiger partial charge in [0.05, 0.1) is 11.0 Å². The molecule has 6 heteroatoms. The Morgan fingerprint density at radius 1 is 1.17 bits per heavy atom. The van der Waals surface area contributed by atoms with Crippen molar-refractivity contribution in [2.75, 3.05) is 5.32 Å². The van der Waals surface area contributed by atoms with E-state index in [0.29, 0.717) is 16.7 Å². The fourth-order valence-electron chi connectivity index (χ4n) is 2.63. The van der Waals surface area contributed by atoms with Gasteiger partial charge in [-0.1, -0.05) is 18.2 Å². The Kier molecular flexibility index (Phi) is 3.16. The maximum Gasteiger partial charge on any atom is 0.349 e. The van der Waals surface area contributed by atoms with Crippen LogP contribution >= 0.6 is 0 Å². The van der Waals surface area contributed by atoms with Crippen LogP contribution in [0.4, 0.5) is 5.69 Å². The Hall–Kier alpha value is -3.41. The lowest BCUT2D eigenvalue weighted by atomic mass is 10.1. The second-order valence-corrected chi connectivity index (χ2v) is 5.49. The zero-order valence-electron chi connectivity index (χ0n) is 12.8. The van der Waals surface area contributed by atoms with Gasteiger partial charge in [0.1, 0.15) is 17.0 Å². The quantitative estimate of drug-likeness (QED) is 0.555. The van der Waals surface area contributed by atoms with Gasteiger partial charge >= 0.3 is 5.63 Å². The number of nitrogens with one attached hydrogen (secondary N) is 2. The molecule has 2 aromatic carbocycles. The van der Waals surface area contributed by atoms with Crippen molar-refractivity contribution in [3.63, 3.8) is 0 Å². The number of imidazole rings is 1. The summed E-state index contributed by atoms with van der Waals surface area (Å²) in [6, 6.07) is 13.9. The predicted molar refractivity (Wildman–Crippen MR) is 91.3 cm³/mol. The number of rotatable bonds is 2. The number of amides is 1. The van der Waals surface area contributed by atoms with E-state index in [1.165, 1.54) is 6.07 Å². The zero-order chi connectivity index (χ0) is 16.7. The molecule has 0 saturated heterocycles. The van der Waals surface area contributed by atoms with Crippen molar-refractivity contribution < 1.29 is 9.21 Å². The molecule has 0 radical (unpaired) electrons. The SMILES string of the molecule is Cc1nc2ccc(NC(=O)c3cc4ccccc4oc3=O)cc2[nH]1. The molecular weight excluding hydrogens is 306 g/mol. The molecule has 2 aromatic heterocycles. The minimum atomic E-state index is -0.662. The summed E-state index contributed by atoms with van der Waals surface area (Å²) in [6.07, 6.45) is 0. The highest BCUT2D eigenvalue weighted by atomic mass is 16.4. The molecule has 0 atom stereocenters. The third-order valence-electron chi connectivity index (χ3n) is 3.74. The Morgan fingerprint density at radius 3 is 2.88 bits per heavy atom. The molecule has 118 valence electrons. The number of para-hydroxylation sites is 1. The van der Waals surface area contributed by atoms with Crippen molar-refractivity contribution in [2.24, 2.45) is 0 Å². The second kappa shape index (κ2) is 5.34. The summed E-state index contributed by atoms with van der Waals surface area (Å²) in [5.74, 6) is 0.286. The van der Waals surface area contributed by atoms with Gasteiger partial charge in [-0.05, 0) is 37.3 Å². The molecule has 0 aliphatic rings. The molecule has 0 aliphatic carbocycles. The maximum absolute atomic E-state index is 12.4. The number of hydrogen-bond acceptors (Lipinski definition) is 4. The third kappa shape index (κ3) is 2.44. The molecule has 0 fully saturated rings. The van der Waals surface area contributed by atoms with Gasteiger partial charge in [-0.2, -0.15) is 0 Å². The van der Waals surface area contributed by atoms with Crippen LogP contribution in [0, 0.1) is 6.92 Å². The summed E-state index contributed by atoms with van der Waals surface area (Å²) in [5, 5.41) is 3.41. The standard InChI is InChI=1S/C18H13N3O3/c1-10-19-14-7-6-12(9-15(14)20-10)21-17(22)13-8-11-4-2-3-5-16(11)24-18(13)23/h2-9H,1H3,(H,19,20)(H,21,22). The number of benzene rings is 2. The number of H-pyrrole nitrogens is 1. The molecule has 4 aromatic rings. The summed E-state index contributed by atoms with van der Waals surface area (Å²) in [4.78, 5) is 31.9. The number of hydrogen-bond donors (Lipinski definition) is 2. The first-order valence-electron chi connectivity index (χ1n) is 7.41. The van der Waals surface area contributed by atoms with Gasteiger partial charge in [0.15, 0.2) is 0 Å². The van der Waals surface area contributed by atoms with E-state index >= 15 is 0 Å². The summed E-state index contributed by atoms with van der Waals surface area (Å²) >= 11 is 0. The highest BCUT2D eigenvalue weighted by molar-refractivity contribution is 6.06. The van der Waals surface area contributed by atoms with Crippen LogP contribution in [0.25, 0.3) is 22.0 Å². The van der Waals surface area contributed by atoms with Gasteiger partial charge in [0, 0.05) is 11.1 Å². The van der Waals surface area contributed by atoms with Crippen LogP contribution in [0.2, 0.25) is 0 Å². The third-order valence-corrected chi connectivity index (χ3v) is 3.74. The first kappa shape index (κ1) is 14.2. The van der Waals surface area contributed by atoms with Crippen LogP contribution in [-0.4, -0.2) is 15.9 Å². The lowest BCUT2D eigenvalue weighted by molar-refractivity contribution is 0.102. The number of aromatic nitrogens is 2. The van der Waals surface area contributed by atoms with Crippen LogP contribution in [0.15, 0.2) is 57.7 Å². The van der Waals surface area contributed by atoms with Crippen molar-refractivity contribution in [3.8, 4) is 0 Å². The first-order valence-corrected chi connectivity index (χ1v) is 7.41. The number of carbonyl (C=O) groups is 1. The number of aromatic amines is 1. The van der Waals surface area contributed by atoms with Crippen molar-refractivity contribution >= 4 is 33.6 Å². The molecule has 24 heavy (non-hydrogen) atoms. The van der Waals surface area contributed by atoms with E-state index in [-0.39, 0.29) is 5.56 Å². The fraction of sp³-hybridized carbons (Fsp3) is 0.0556. The summed E-state index contributed by atoms with van der Waals surface area (Å²) in [6.45, 7) is 1.86. The zero-order valence-corrected chi connectivity index (χ0v) is 12.8. The van der Waals surface area contributed by atoms with E-state index in [2.05, 4.69) is 15.3 Å². The van der Waals surface area contributed by atoms with E-state index in [0.717, 1.165) is 16.9 Å². The number of anilines is 1. The monoisotopic (exact) mass is 319 g/mol. The number of nitrogens with zero attached hydrogens (tertiary/aromatic N) is 1. The highest BCUT2D eigenvalue weighted by Gasteiger charge is 2.14. The Balaban J connectivity index is 1.70. The highest BCUT2D eigenvalue weighted by Crippen LogP contribution is 2.18. The van der Waals surface area contributed by atoms with Gasteiger partial charge < -0.3 is 14.7 Å². The van der Waals surface area contributed by atoms with Gasteiger partial charge in [-0.25, -0.2) is 9.78 Å². The lowest BCUT2D eigenvalue weighted by Gasteiger charge is -2.05. The van der Waals surface area contributed by atoms with Gasteiger partial charge in [0.25, 0.3) is 5.91 Å². The van der Waals surface area contributed by atoms with Crippen LogP contribution < -0.4 is 10.9 Å². The van der Waals surface area contributed by atoms with Crippen LogP contribution in [0.5, 0.6) is 0 Å². The molecule has 0 spiro atoms. The smallest absolute Gasteiger partial charge is 0.349 e. The molecule has 0 saturated carbocycles. The second-order valence-electron chi connectivity index (χ2n) is 5.49. The molecule has 0 bridgehead atoms. The molecule has 4 rings (SSSR count). The Morgan fingerprint density at radius 2 is 2.00 bits per heavy atom. The van der Waals surface area contributed by atoms with E-state index in [1.807, 2.05) is 13.0 Å². The fourth-order valence-corrected chi connectivity index (χ4v) is 2.63. The summed E-state index contributed by atoms with van der Waals surface area (Å²) in [5.41, 5.74) is 1.96. The van der Waals surface area contributed by atoms with Crippen LogP contribution in [-0.2, 0) is 0 Å². The molecule has 2 N–H and O–H groups in total. The maximum atomic E-state index is 12.4. The summed E-state index contributed by atoms with van der Waals surface area (Å²) in [7, 11) is 0. The molecule has 1 amide bonds. The molecule has 2 heterocycles. The topological polar surface area (TPSA) is 88.0 Å². The molecule has 6 nitrogen and oxygen atoms in total. The minimum absolute atomic E-state index is 0.0328. The molecule has 0 unspecified atom stereocenters. The van der Waals surface area contributed by atoms with E-state index in [9.17, 15) is 9.59 Å². The number of carbonyl (C=O) groups excluding carboxylic acids is 1. The van der Waals surface area contributed by atoms with E-state index in [1.54, 1.807) is 36.4 Å². The van der Waals surface area contributed by atoms with Crippen molar-refractivity contribution in [2.45, 2.75) is 6.92 Å². The normalized spacial score (nSPS) is 11.0. The van der Waals surface area contributed by atoms with E-state index in [4.69, 9.17) is 4.42 Å². The van der Waals surface area contributed by atoms with Crippen molar-refractivity contribution in [1.82, 2.24) is 9.97 Å². The van der Waals surface area contributed by atoms with Gasteiger partial charge in [-0.15, -0.1) is 0 Å². The minimum Gasteiger partial charge on any atom is -0.422 e. The average molecular weight is 319 g/mol. The van der Waals surface area contributed by atoms with Gasteiger partial charge in [0.2, 0.25) is 0 Å². The van der Waals surface area contributed by atoms with Gasteiger partial charge in [-0.3, -0.25) is 4.79 Å². The number of aryl methyl sites for hydroxylation is 1.